The highest BCUT2D eigenvalue weighted by atomic mass is 16.6. The molecule has 1 saturated heterocycles. The van der Waals surface area contributed by atoms with Crippen LogP contribution in [-0.4, -0.2) is 49.5 Å². The second-order valence-corrected chi connectivity index (χ2v) is 6.69. The van der Waals surface area contributed by atoms with Gasteiger partial charge in [-0.05, 0) is 24.3 Å². The van der Waals surface area contributed by atoms with Crippen LogP contribution in [0.1, 0.15) is 16.1 Å². The van der Waals surface area contributed by atoms with Crippen molar-refractivity contribution in [1.29, 1.82) is 0 Å². The van der Waals surface area contributed by atoms with Crippen molar-refractivity contribution >= 4 is 22.4 Å². The average Bonchev–Trinajstić information content (AvgIpc) is 3.30. The van der Waals surface area contributed by atoms with E-state index in [1.807, 2.05) is 24.3 Å². The molecule has 1 fully saturated rings. The van der Waals surface area contributed by atoms with E-state index >= 15 is 0 Å². The van der Waals surface area contributed by atoms with Crippen LogP contribution >= 0.6 is 0 Å². The quantitative estimate of drug-likeness (QED) is 0.451. The van der Waals surface area contributed by atoms with Gasteiger partial charge in [-0.25, -0.2) is 9.97 Å². The van der Waals surface area contributed by atoms with Crippen molar-refractivity contribution in [3.63, 3.8) is 0 Å². The van der Waals surface area contributed by atoms with Gasteiger partial charge >= 0.3 is 0 Å². The lowest BCUT2D eigenvalue weighted by molar-refractivity contribution is 0.127. The number of hydrogen-bond donors (Lipinski definition) is 1. The zero-order valence-electron chi connectivity index (χ0n) is 19.3. The predicted octanol–water partition coefficient (Wildman–Crippen LogP) is 3.55. The Labute approximate surface area is 179 Å². The SMILES string of the molecule is [2H]C([2H])([2H])OCCOc1cc2ncnc(Nc3cccc(C#C)c3)c2cc1OC1CCOC1. The van der Waals surface area contributed by atoms with Gasteiger partial charge in [-0.1, -0.05) is 12.0 Å². The smallest absolute Gasteiger partial charge is 0.163 e. The third kappa shape index (κ3) is 4.62. The zero-order chi connectivity index (χ0) is 23.3. The molecule has 1 aliphatic heterocycles. The molecule has 1 N–H and O–H groups in total. The number of fused-ring (bicyclic) bond motifs is 1. The number of benzene rings is 2. The van der Waals surface area contributed by atoms with E-state index in [1.165, 1.54) is 6.33 Å². The van der Waals surface area contributed by atoms with E-state index in [9.17, 15) is 0 Å². The molecule has 1 aliphatic rings. The number of ether oxygens (including phenoxy) is 4. The summed E-state index contributed by atoms with van der Waals surface area (Å²) in [7, 11) is -2.47. The molecule has 7 heteroatoms. The molecule has 1 aromatic heterocycles. The monoisotopic (exact) mass is 408 g/mol. The predicted molar refractivity (Wildman–Crippen MR) is 114 cm³/mol. The Morgan fingerprint density at radius 2 is 2.23 bits per heavy atom. The summed E-state index contributed by atoms with van der Waals surface area (Å²) < 4.78 is 43.5. The van der Waals surface area contributed by atoms with Crippen LogP contribution in [0, 0.1) is 12.3 Å². The zero-order valence-corrected chi connectivity index (χ0v) is 16.3. The van der Waals surface area contributed by atoms with Crippen molar-refractivity contribution in [3.05, 3.63) is 48.3 Å². The van der Waals surface area contributed by atoms with E-state index in [-0.39, 0.29) is 19.3 Å². The molecule has 7 nitrogen and oxygen atoms in total. The standard InChI is InChI=1S/C23H23N3O4/c1-3-16-5-4-6-17(11-16)26-23-19-12-22(30-18-7-8-28-14-18)21(29-10-9-27-2)13-20(19)24-15-25-23/h1,4-6,11-13,15,18H,7-10,14H2,2H3,(H,24,25,26)/i2D3. The van der Waals surface area contributed by atoms with Crippen LogP contribution in [0.15, 0.2) is 42.7 Å². The first kappa shape index (κ1) is 16.5. The van der Waals surface area contributed by atoms with E-state index in [1.54, 1.807) is 12.1 Å². The third-order valence-electron chi connectivity index (χ3n) is 4.62. The molecule has 0 spiro atoms. The topological polar surface area (TPSA) is 74.7 Å². The van der Waals surface area contributed by atoms with Crippen LogP contribution in [0.3, 0.4) is 0 Å². The Balaban J connectivity index is 1.63. The molecule has 1 atom stereocenters. The summed E-state index contributed by atoms with van der Waals surface area (Å²) in [6, 6.07) is 11.0. The highest BCUT2D eigenvalue weighted by molar-refractivity contribution is 5.93. The molecule has 0 radical (unpaired) electrons. The van der Waals surface area contributed by atoms with E-state index in [2.05, 4.69) is 21.2 Å². The average molecular weight is 408 g/mol. The minimum atomic E-state index is -2.47. The van der Waals surface area contributed by atoms with Gasteiger partial charge in [0.15, 0.2) is 11.5 Å². The van der Waals surface area contributed by atoms with Crippen LogP contribution < -0.4 is 14.8 Å². The maximum Gasteiger partial charge on any atom is 0.163 e. The third-order valence-corrected chi connectivity index (χ3v) is 4.62. The summed E-state index contributed by atoms with van der Waals surface area (Å²) >= 11 is 0. The molecule has 0 amide bonds. The first-order valence-corrected chi connectivity index (χ1v) is 9.55. The number of nitrogens with zero attached hydrogens (tertiary/aromatic N) is 2. The molecule has 2 heterocycles. The fraction of sp³-hybridized carbons (Fsp3) is 0.304. The highest BCUT2D eigenvalue weighted by Crippen LogP contribution is 2.36. The van der Waals surface area contributed by atoms with Gasteiger partial charge in [0.05, 0.1) is 29.4 Å². The number of terminal acetylenes is 1. The van der Waals surface area contributed by atoms with Crippen molar-refractivity contribution in [1.82, 2.24) is 9.97 Å². The number of nitrogens with one attached hydrogen (secondary N) is 1. The summed E-state index contributed by atoms with van der Waals surface area (Å²) in [6.07, 6.45) is 7.60. The first-order chi connectivity index (χ1) is 15.9. The molecule has 30 heavy (non-hydrogen) atoms. The van der Waals surface area contributed by atoms with Gasteiger partial charge in [-0.15, -0.1) is 6.42 Å². The summed E-state index contributed by atoms with van der Waals surface area (Å²) in [5.74, 6) is 4.12. The van der Waals surface area contributed by atoms with Crippen molar-refractivity contribution in [3.8, 4) is 23.8 Å². The molecule has 1 unspecified atom stereocenters. The molecule has 0 saturated carbocycles. The molecular formula is C23H23N3O4. The summed E-state index contributed by atoms with van der Waals surface area (Å²) in [6.45, 7) is 1.05. The summed E-state index contributed by atoms with van der Waals surface area (Å²) in [4.78, 5) is 8.74. The maximum atomic E-state index is 7.14. The van der Waals surface area contributed by atoms with Crippen molar-refractivity contribution in [2.24, 2.45) is 0 Å². The van der Waals surface area contributed by atoms with Crippen LogP contribution in [-0.2, 0) is 9.47 Å². The van der Waals surface area contributed by atoms with Gasteiger partial charge in [0, 0.05) is 36.2 Å². The fourth-order valence-electron chi connectivity index (χ4n) is 3.17. The fourth-order valence-corrected chi connectivity index (χ4v) is 3.17. The van der Waals surface area contributed by atoms with E-state index in [0.29, 0.717) is 36.0 Å². The van der Waals surface area contributed by atoms with Crippen molar-refractivity contribution < 1.29 is 23.1 Å². The van der Waals surface area contributed by atoms with Gasteiger partial charge in [-0.3, -0.25) is 0 Å². The van der Waals surface area contributed by atoms with Gasteiger partial charge in [0.1, 0.15) is 24.9 Å². The number of aromatic nitrogens is 2. The largest absolute Gasteiger partial charge is 0.487 e. The number of anilines is 2. The summed E-state index contributed by atoms with van der Waals surface area (Å²) in [5, 5.41) is 4.01. The lowest BCUT2D eigenvalue weighted by Gasteiger charge is -2.18. The molecule has 0 bridgehead atoms. The van der Waals surface area contributed by atoms with Crippen LogP contribution in [0.25, 0.3) is 10.9 Å². The van der Waals surface area contributed by atoms with Crippen LogP contribution in [0.4, 0.5) is 11.5 Å². The number of methoxy groups -OCH3 is 1. The molecule has 4 rings (SSSR count). The molecule has 0 aliphatic carbocycles. The Morgan fingerprint density at radius 1 is 1.27 bits per heavy atom. The minimum Gasteiger partial charge on any atom is -0.487 e. The van der Waals surface area contributed by atoms with E-state index < -0.39 is 7.04 Å². The van der Waals surface area contributed by atoms with Crippen LogP contribution in [0.2, 0.25) is 0 Å². The van der Waals surface area contributed by atoms with Crippen molar-refractivity contribution in [2.45, 2.75) is 12.5 Å². The molecule has 2 aromatic carbocycles. The Bertz CT molecular complexity index is 1160. The molecule has 3 aromatic rings. The lowest BCUT2D eigenvalue weighted by atomic mass is 10.1. The van der Waals surface area contributed by atoms with E-state index in [0.717, 1.165) is 23.1 Å². The maximum absolute atomic E-state index is 7.14. The van der Waals surface area contributed by atoms with Crippen molar-refractivity contribution in [2.75, 3.05) is 38.8 Å². The van der Waals surface area contributed by atoms with Gasteiger partial charge in [0.25, 0.3) is 0 Å². The Morgan fingerprint density at radius 3 is 3.07 bits per heavy atom. The van der Waals surface area contributed by atoms with Crippen LogP contribution in [0.5, 0.6) is 11.5 Å². The number of rotatable bonds is 8. The lowest BCUT2D eigenvalue weighted by Crippen LogP contribution is -2.17. The van der Waals surface area contributed by atoms with Gasteiger partial charge in [0.2, 0.25) is 0 Å². The second-order valence-electron chi connectivity index (χ2n) is 6.69. The first-order valence-electron chi connectivity index (χ1n) is 11.0. The Hall–Kier alpha value is -3.34. The number of hydrogen-bond acceptors (Lipinski definition) is 7. The van der Waals surface area contributed by atoms with Gasteiger partial charge < -0.3 is 24.3 Å². The normalized spacial score (nSPS) is 17.6. The summed E-state index contributed by atoms with van der Waals surface area (Å²) in [5.41, 5.74) is 2.17. The highest BCUT2D eigenvalue weighted by Gasteiger charge is 2.20. The second kappa shape index (κ2) is 9.44. The minimum absolute atomic E-state index is 0.0382. The Kier molecular flexibility index (Phi) is 5.18. The van der Waals surface area contributed by atoms with E-state index in [4.69, 9.17) is 29.5 Å². The molecule has 154 valence electrons. The molecular weight excluding hydrogens is 382 g/mol. The van der Waals surface area contributed by atoms with Gasteiger partial charge in [-0.2, -0.15) is 0 Å².